The molecule has 7 nitrogen and oxygen atoms in total. The predicted molar refractivity (Wildman–Crippen MR) is 95.0 cm³/mol. The van der Waals surface area contributed by atoms with Crippen molar-refractivity contribution < 1.29 is 9.47 Å². The molecule has 1 atom stereocenters. The number of rotatable bonds is 7. The van der Waals surface area contributed by atoms with Crippen LogP contribution in [0.4, 0.5) is 5.95 Å². The Morgan fingerprint density at radius 1 is 1.24 bits per heavy atom. The predicted octanol–water partition coefficient (Wildman–Crippen LogP) is 3.61. The lowest BCUT2D eigenvalue weighted by molar-refractivity contribution is 0.216. The van der Waals surface area contributed by atoms with Gasteiger partial charge in [-0.3, -0.25) is 0 Å². The van der Waals surface area contributed by atoms with Gasteiger partial charge in [-0.2, -0.15) is 5.21 Å². The van der Waals surface area contributed by atoms with E-state index in [1.807, 2.05) is 49.4 Å². The van der Waals surface area contributed by atoms with E-state index in [1.165, 1.54) is 0 Å². The molecule has 8 heteroatoms. The number of tetrazole rings is 1. The molecule has 0 amide bonds. The first-order chi connectivity index (χ1) is 12.2. The quantitative estimate of drug-likeness (QED) is 0.670. The molecule has 0 aliphatic heterocycles. The zero-order valence-corrected chi connectivity index (χ0v) is 14.6. The van der Waals surface area contributed by atoms with E-state index < -0.39 is 0 Å². The Hall–Kier alpha value is -2.80. The molecular weight excluding hydrogens is 342 g/mol. The lowest BCUT2D eigenvalue weighted by Gasteiger charge is -2.19. The van der Waals surface area contributed by atoms with E-state index in [4.69, 9.17) is 21.1 Å². The molecule has 3 rings (SSSR count). The Kier molecular flexibility index (Phi) is 5.35. The van der Waals surface area contributed by atoms with E-state index >= 15 is 0 Å². The zero-order valence-electron chi connectivity index (χ0n) is 13.9. The van der Waals surface area contributed by atoms with Gasteiger partial charge in [-0.25, -0.2) is 0 Å². The van der Waals surface area contributed by atoms with E-state index in [2.05, 4.69) is 25.9 Å². The van der Waals surface area contributed by atoms with Gasteiger partial charge in [0.2, 0.25) is 0 Å². The summed E-state index contributed by atoms with van der Waals surface area (Å²) in [5.74, 6) is 1.50. The van der Waals surface area contributed by atoms with Gasteiger partial charge in [0.1, 0.15) is 6.10 Å². The van der Waals surface area contributed by atoms with Crippen LogP contribution in [0.3, 0.4) is 0 Å². The lowest BCUT2D eigenvalue weighted by Crippen LogP contribution is -2.06. The number of ether oxygens (including phenoxy) is 2. The van der Waals surface area contributed by atoms with Crippen LogP contribution in [-0.4, -0.2) is 27.7 Å². The number of methoxy groups -OCH3 is 1. The number of hydrogen-bond acceptors (Lipinski definition) is 6. The van der Waals surface area contributed by atoms with Crippen LogP contribution in [0.5, 0.6) is 11.5 Å². The van der Waals surface area contributed by atoms with Crippen molar-refractivity contribution in [3.8, 4) is 11.5 Å². The second-order valence-corrected chi connectivity index (χ2v) is 5.78. The second-order valence-electron chi connectivity index (χ2n) is 5.37. The summed E-state index contributed by atoms with van der Waals surface area (Å²) in [6.07, 6.45) is -0.157. The minimum absolute atomic E-state index is 0.157. The summed E-state index contributed by atoms with van der Waals surface area (Å²) >= 11 is 6.42. The number of halogens is 1. The molecule has 130 valence electrons. The molecule has 0 spiro atoms. The van der Waals surface area contributed by atoms with Gasteiger partial charge in [0.05, 0.1) is 12.1 Å². The minimum Gasteiger partial charge on any atom is -0.493 e. The number of nitrogens with zero attached hydrogens (tertiary/aromatic N) is 3. The van der Waals surface area contributed by atoms with Crippen molar-refractivity contribution in [3.63, 3.8) is 0 Å². The van der Waals surface area contributed by atoms with Gasteiger partial charge < -0.3 is 14.8 Å². The molecule has 2 aromatic carbocycles. The Bertz CT molecular complexity index is 811. The van der Waals surface area contributed by atoms with E-state index in [0.717, 1.165) is 11.1 Å². The highest BCUT2D eigenvalue weighted by atomic mass is 35.5. The van der Waals surface area contributed by atoms with Crippen LogP contribution in [0.1, 0.15) is 24.2 Å². The third-order valence-corrected chi connectivity index (χ3v) is 3.93. The monoisotopic (exact) mass is 359 g/mol. The van der Waals surface area contributed by atoms with Gasteiger partial charge >= 0.3 is 0 Å². The van der Waals surface area contributed by atoms with Crippen LogP contribution < -0.4 is 14.8 Å². The van der Waals surface area contributed by atoms with Gasteiger partial charge in [0, 0.05) is 6.54 Å². The summed E-state index contributed by atoms with van der Waals surface area (Å²) in [5.41, 5.74) is 1.97. The average molecular weight is 360 g/mol. The zero-order chi connectivity index (χ0) is 17.6. The second kappa shape index (κ2) is 7.85. The number of aromatic amines is 1. The summed E-state index contributed by atoms with van der Waals surface area (Å²) < 4.78 is 11.5. The minimum atomic E-state index is -0.157. The van der Waals surface area contributed by atoms with E-state index in [0.29, 0.717) is 29.0 Å². The molecule has 1 heterocycles. The Balaban J connectivity index is 1.77. The van der Waals surface area contributed by atoms with Crippen LogP contribution >= 0.6 is 11.6 Å². The maximum atomic E-state index is 6.42. The molecule has 25 heavy (non-hydrogen) atoms. The van der Waals surface area contributed by atoms with Gasteiger partial charge in [0.25, 0.3) is 5.95 Å². The van der Waals surface area contributed by atoms with Crippen molar-refractivity contribution >= 4 is 17.5 Å². The molecule has 0 saturated carbocycles. The fraction of sp³-hybridized carbons (Fsp3) is 0.235. The van der Waals surface area contributed by atoms with Gasteiger partial charge in [-0.15, -0.1) is 5.10 Å². The largest absolute Gasteiger partial charge is 0.493 e. The molecule has 0 radical (unpaired) electrons. The van der Waals surface area contributed by atoms with Crippen LogP contribution in [-0.2, 0) is 6.54 Å². The average Bonchev–Trinajstić information content (AvgIpc) is 3.16. The van der Waals surface area contributed by atoms with Gasteiger partial charge in [-0.1, -0.05) is 47.0 Å². The molecule has 3 aromatic rings. The molecule has 1 unspecified atom stereocenters. The van der Waals surface area contributed by atoms with Gasteiger partial charge in [-0.05, 0) is 35.4 Å². The first-order valence-corrected chi connectivity index (χ1v) is 8.10. The number of hydrogen-bond donors (Lipinski definition) is 2. The van der Waals surface area contributed by atoms with Crippen LogP contribution in [0.15, 0.2) is 42.5 Å². The highest BCUT2D eigenvalue weighted by molar-refractivity contribution is 6.32. The van der Waals surface area contributed by atoms with Gasteiger partial charge in [0.15, 0.2) is 11.5 Å². The molecule has 0 fully saturated rings. The molecule has 1 aromatic heterocycles. The third kappa shape index (κ3) is 4.19. The molecular formula is C17H18ClN5O2. The van der Waals surface area contributed by atoms with Crippen molar-refractivity contribution in [3.05, 3.63) is 58.6 Å². The van der Waals surface area contributed by atoms with Crippen molar-refractivity contribution in [1.29, 1.82) is 0 Å². The standard InChI is InChI=1S/C17H18ClN5O2/c1-11(13-6-4-3-5-7-13)25-16-14(18)8-12(9-15(16)24-2)10-19-17-20-22-23-21-17/h3-9,11H,10H2,1-2H3,(H2,19,20,21,22,23). The number of H-pyrrole nitrogens is 1. The van der Waals surface area contributed by atoms with Crippen LogP contribution in [0, 0.1) is 0 Å². The molecule has 0 saturated heterocycles. The molecule has 0 aliphatic rings. The van der Waals surface area contributed by atoms with Crippen LogP contribution in [0.25, 0.3) is 0 Å². The van der Waals surface area contributed by atoms with Crippen molar-refractivity contribution in [1.82, 2.24) is 20.6 Å². The van der Waals surface area contributed by atoms with Crippen molar-refractivity contribution in [2.75, 3.05) is 12.4 Å². The summed E-state index contributed by atoms with van der Waals surface area (Å²) in [5, 5.41) is 17.1. The number of nitrogens with one attached hydrogen (secondary N) is 2. The maximum Gasteiger partial charge on any atom is 0.263 e. The lowest BCUT2D eigenvalue weighted by atomic mass is 10.1. The number of benzene rings is 2. The van der Waals surface area contributed by atoms with Crippen LogP contribution in [0.2, 0.25) is 5.02 Å². The topological polar surface area (TPSA) is 85.0 Å². The summed E-state index contributed by atoms with van der Waals surface area (Å²) in [6, 6.07) is 13.6. The Morgan fingerprint density at radius 2 is 2.04 bits per heavy atom. The summed E-state index contributed by atoms with van der Waals surface area (Å²) in [6.45, 7) is 2.45. The Labute approximate surface area is 150 Å². The SMILES string of the molecule is COc1cc(CNc2nn[nH]n2)cc(Cl)c1OC(C)c1ccccc1. The summed E-state index contributed by atoms with van der Waals surface area (Å²) in [4.78, 5) is 0. The third-order valence-electron chi connectivity index (χ3n) is 3.65. The fourth-order valence-corrected chi connectivity index (χ4v) is 2.65. The number of aromatic nitrogens is 4. The highest BCUT2D eigenvalue weighted by Crippen LogP contribution is 2.39. The molecule has 0 aliphatic carbocycles. The van der Waals surface area contributed by atoms with Crippen molar-refractivity contribution in [2.45, 2.75) is 19.6 Å². The highest BCUT2D eigenvalue weighted by Gasteiger charge is 2.16. The van der Waals surface area contributed by atoms with Crippen molar-refractivity contribution in [2.24, 2.45) is 0 Å². The normalized spacial score (nSPS) is 11.8. The van der Waals surface area contributed by atoms with E-state index in [9.17, 15) is 0 Å². The first-order valence-electron chi connectivity index (χ1n) is 7.72. The molecule has 0 bridgehead atoms. The first kappa shape index (κ1) is 17.0. The fourth-order valence-electron chi connectivity index (χ4n) is 2.38. The van der Waals surface area contributed by atoms with E-state index in [1.54, 1.807) is 7.11 Å². The molecule has 2 N–H and O–H groups in total. The maximum absolute atomic E-state index is 6.42. The van der Waals surface area contributed by atoms with E-state index in [-0.39, 0.29) is 6.10 Å². The smallest absolute Gasteiger partial charge is 0.263 e. The summed E-state index contributed by atoms with van der Waals surface area (Å²) in [7, 11) is 1.59. The Morgan fingerprint density at radius 3 is 2.72 bits per heavy atom. The number of anilines is 1.